The van der Waals surface area contributed by atoms with Crippen molar-refractivity contribution in [3.8, 4) is 0 Å². The predicted molar refractivity (Wildman–Crippen MR) is 96.6 cm³/mol. The van der Waals surface area contributed by atoms with Crippen LogP contribution in [-0.4, -0.2) is 92.9 Å². The normalized spacial score (nSPS) is 26.7. The van der Waals surface area contributed by atoms with E-state index in [0.29, 0.717) is 0 Å². The van der Waals surface area contributed by atoms with Crippen molar-refractivity contribution in [3.63, 3.8) is 0 Å². The fourth-order valence-electron chi connectivity index (χ4n) is 4.16. The lowest BCUT2D eigenvalue weighted by Gasteiger charge is -2.37. The average Bonchev–Trinajstić information content (AvgIpc) is 3.13. The second-order valence-electron chi connectivity index (χ2n) is 7.61. The van der Waals surface area contributed by atoms with Crippen LogP contribution in [0.15, 0.2) is 12.3 Å². The van der Waals surface area contributed by atoms with Crippen molar-refractivity contribution in [3.05, 3.63) is 29.2 Å². The van der Waals surface area contributed by atoms with Gasteiger partial charge in [-0.25, -0.2) is 9.50 Å². The molecule has 0 spiro atoms. The van der Waals surface area contributed by atoms with Gasteiger partial charge in [-0.3, -0.25) is 9.80 Å². The number of piperazine rings is 1. The predicted octanol–water partition coefficient (Wildman–Crippen LogP) is 0.139. The highest BCUT2D eigenvalue weighted by molar-refractivity contribution is 5.47. The fourth-order valence-corrected chi connectivity index (χ4v) is 4.16. The molecule has 2 fully saturated rings. The topological polar surface area (TPSA) is 60.1 Å². The molecule has 2 atom stereocenters. The molecule has 0 unspecified atom stereocenters. The monoisotopic (exact) mass is 344 g/mol. The second-order valence-corrected chi connectivity index (χ2v) is 7.61. The summed E-state index contributed by atoms with van der Waals surface area (Å²) in [5, 5.41) is 15.1. The Balaban J connectivity index is 1.47. The third-order valence-corrected chi connectivity index (χ3v) is 5.59. The molecule has 7 heteroatoms. The zero-order chi connectivity index (χ0) is 17.6. The summed E-state index contributed by atoms with van der Waals surface area (Å²) in [5.74, 6) is 0. The molecule has 0 aromatic carbocycles. The van der Waals surface area contributed by atoms with Crippen molar-refractivity contribution in [2.24, 2.45) is 0 Å². The molecule has 2 aliphatic heterocycles. The van der Waals surface area contributed by atoms with Crippen LogP contribution in [0.1, 0.15) is 17.0 Å². The lowest BCUT2D eigenvalue weighted by molar-refractivity contribution is 0.0512. The molecule has 2 aromatic heterocycles. The molecule has 2 aromatic rings. The van der Waals surface area contributed by atoms with E-state index >= 15 is 0 Å². The first-order valence-electron chi connectivity index (χ1n) is 9.15. The number of fused-ring (bicyclic) bond motifs is 1. The number of hydrogen-bond donors (Lipinski definition) is 1. The number of aliphatic hydroxyl groups excluding tert-OH is 1. The first kappa shape index (κ1) is 16.9. The molecule has 4 rings (SSSR count). The van der Waals surface area contributed by atoms with E-state index in [0.717, 1.165) is 68.4 Å². The van der Waals surface area contributed by atoms with Gasteiger partial charge in [0.1, 0.15) is 0 Å². The third kappa shape index (κ3) is 3.29. The summed E-state index contributed by atoms with van der Waals surface area (Å²) in [6, 6.07) is 2.29. The highest BCUT2D eigenvalue weighted by atomic mass is 16.3. The zero-order valence-corrected chi connectivity index (χ0v) is 15.4. The van der Waals surface area contributed by atoms with E-state index in [-0.39, 0.29) is 12.1 Å². The molecular formula is C18H28N6O. The van der Waals surface area contributed by atoms with Gasteiger partial charge in [-0.1, -0.05) is 0 Å². The largest absolute Gasteiger partial charge is 0.390 e. The van der Waals surface area contributed by atoms with E-state index in [1.807, 2.05) is 23.7 Å². The summed E-state index contributed by atoms with van der Waals surface area (Å²) in [4.78, 5) is 11.8. The van der Waals surface area contributed by atoms with Gasteiger partial charge in [0.2, 0.25) is 0 Å². The molecule has 0 amide bonds. The van der Waals surface area contributed by atoms with Gasteiger partial charge in [0.15, 0.2) is 5.65 Å². The van der Waals surface area contributed by atoms with Crippen molar-refractivity contribution in [1.29, 1.82) is 0 Å². The highest BCUT2D eigenvalue weighted by Crippen LogP contribution is 2.21. The average molecular weight is 344 g/mol. The number of β-amino-alcohol motifs (C(OH)–C–C–N with tert-alkyl or cyclic N) is 1. The van der Waals surface area contributed by atoms with Crippen LogP contribution >= 0.6 is 0 Å². The van der Waals surface area contributed by atoms with Crippen LogP contribution in [0.2, 0.25) is 0 Å². The van der Waals surface area contributed by atoms with Crippen molar-refractivity contribution in [2.75, 3.05) is 46.3 Å². The smallest absolute Gasteiger partial charge is 0.159 e. The minimum absolute atomic E-state index is 0.243. The Morgan fingerprint density at radius 3 is 2.68 bits per heavy atom. The van der Waals surface area contributed by atoms with Crippen LogP contribution in [0, 0.1) is 13.8 Å². The number of likely N-dealkylation sites (tertiary alicyclic amines) is 1. The van der Waals surface area contributed by atoms with E-state index in [1.165, 1.54) is 0 Å². The number of nitrogens with zero attached hydrogens (tertiary/aromatic N) is 6. The standard InChI is InChI=1S/C18H28N6O/c1-13-8-14(2)24-18(20-13)15(9-19-24)10-22-11-16(17(25)12-22)23-6-4-21(3)5-7-23/h8-9,16-17,25H,4-7,10-12H2,1-3H3/t16-,17-/m0/s1. The highest BCUT2D eigenvalue weighted by Gasteiger charge is 2.36. The maximum Gasteiger partial charge on any atom is 0.159 e. The van der Waals surface area contributed by atoms with Gasteiger partial charge in [-0.2, -0.15) is 5.10 Å². The van der Waals surface area contributed by atoms with Crippen molar-refractivity contribution < 1.29 is 5.11 Å². The van der Waals surface area contributed by atoms with E-state index in [9.17, 15) is 5.11 Å². The van der Waals surface area contributed by atoms with Gasteiger partial charge in [0, 0.05) is 68.8 Å². The third-order valence-electron chi connectivity index (χ3n) is 5.59. The minimum Gasteiger partial charge on any atom is -0.390 e. The van der Waals surface area contributed by atoms with Crippen LogP contribution < -0.4 is 0 Å². The Bertz CT molecular complexity index is 751. The van der Waals surface area contributed by atoms with Gasteiger partial charge in [0.05, 0.1) is 12.3 Å². The van der Waals surface area contributed by atoms with E-state index in [1.54, 1.807) is 0 Å². The van der Waals surface area contributed by atoms with E-state index in [4.69, 9.17) is 0 Å². The number of aryl methyl sites for hydroxylation is 2. The Morgan fingerprint density at radius 2 is 1.92 bits per heavy atom. The molecule has 4 heterocycles. The summed E-state index contributed by atoms with van der Waals surface area (Å²) < 4.78 is 1.91. The van der Waals surface area contributed by atoms with E-state index in [2.05, 4.69) is 38.8 Å². The Labute approximate surface area is 148 Å². The molecule has 0 saturated carbocycles. The SMILES string of the molecule is Cc1cc(C)n2ncc(CN3C[C@H](O)[C@@H](N4CCN(C)CC4)C3)c2n1. The van der Waals surface area contributed by atoms with Gasteiger partial charge in [-0.15, -0.1) is 0 Å². The fraction of sp³-hybridized carbons (Fsp3) is 0.667. The number of aromatic nitrogens is 3. The van der Waals surface area contributed by atoms with Gasteiger partial charge in [-0.05, 0) is 27.0 Å². The van der Waals surface area contributed by atoms with Crippen LogP contribution in [0.25, 0.3) is 5.65 Å². The quantitative estimate of drug-likeness (QED) is 0.855. The van der Waals surface area contributed by atoms with Crippen molar-refractivity contribution in [1.82, 2.24) is 29.3 Å². The second kappa shape index (κ2) is 6.64. The first-order valence-corrected chi connectivity index (χ1v) is 9.15. The van der Waals surface area contributed by atoms with Crippen LogP contribution in [0.5, 0.6) is 0 Å². The molecule has 25 heavy (non-hydrogen) atoms. The lowest BCUT2D eigenvalue weighted by Crippen LogP contribution is -2.52. The minimum atomic E-state index is -0.276. The number of likely N-dealkylation sites (N-methyl/N-ethyl adjacent to an activating group) is 1. The number of rotatable bonds is 3. The molecule has 136 valence electrons. The molecule has 2 aliphatic rings. The summed E-state index contributed by atoms with van der Waals surface area (Å²) in [6.07, 6.45) is 1.64. The maximum absolute atomic E-state index is 10.6. The molecule has 0 radical (unpaired) electrons. The van der Waals surface area contributed by atoms with Gasteiger partial charge < -0.3 is 10.0 Å². The Hall–Kier alpha value is -1.54. The van der Waals surface area contributed by atoms with Crippen LogP contribution in [0.4, 0.5) is 0 Å². The Morgan fingerprint density at radius 1 is 1.16 bits per heavy atom. The molecule has 0 aliphatic carbocycles. The number of aliphatic hydroxyl groups is 1. The molecule has 2 saturated heterocycles. The van der Waals surface area contributed by atoms with E-state index < -0.39 is 0 Å². The molecule has 1 N–H and O–H groups in total. The van der Waals surface area contributed by atoms with Crippen molar-refractivity contribution >= 4 is 5.65 Å². The van der Waals surface area contributed by atoms with Crippen LogP contribution in [0.3, 0.4) is 0 Å². The lowest BCUT2D eigenvalue weighted by atomic mass is 10.1. The summed E-state index contributed by atoms with van der Waals surface area (Å²) in [7, 11) is 2.16. The summed E-state index contributed by atoms with van der Waals surface area (Å²) >= 11 is 0. The van der Waals surface area contributed by atoms with Crippen LogP contribution in [-0.2, 0) is 6.54 Å². The summed E-state index contributed by atoms with van der Waals surface area (Å²) in [5.41, 5.74) is 4.20. The van der Waals surface area contributed by atoms with Crippen molar-refractivity contribution in [2.45, 2.75) is 32.5 Å². The molecule has 7 nitrogen and oxygen atoms in total. The maximum atomic E-state index is 10.6. The van der Waals surface area contributed by atoms with Gasteiger partial charge in [0.25, 0.3) is 0 Å². The van der Waals surface area contributed by atoms with Gasteiger partial charge >= 0.3 is 0 Å². The Kier molecular flexibility index (Phi) is 4.49. The number of hydrogen-bond acceptors (Lipinski definition) is 6. The first-order chi connectivity index (χ1) is 12.0. The molecule has 0 bridgehead atoms. The zero-order valence-electron chi connectivity index (χ0n) is 15.4. The summed E-state index contributed by atoms with van der Waals surface area (Å²) in [6.45, 7) is 10.8. The molecular weight excluding hydrogens is 316 g/mol.